The van der Waals surface area contributed by atoms with Crippen LogP contribution in [0.4, 0.5) is 24.5 Å². The highest BCUT2D eigenvalue weighted by Crippen LogP contribution is 2.30. The predicted molar refractivity (Wildman–Crippen MR) is 122 cm³/mol. The zero-order chi connectivity index (χ0) is 25.1. The number of esters is 1. The first-order valence-electron chi connectivity index (χ1n) is 9.92. The number of benzene rings is 2. The van der Waals surface area contributed by atoms with Gasteiger partial charge in [-0.3, -0.25) is 14.4 Å². The molecule has 0 spiro atoms. The number of amides is 2. The second-order valence-corrected chi connectivity index (χ2v) is 7.24. The van der Waals surface area contributed by atoms with E-state index in [0.717, 1.165) is 12.1 Å². The largest absolute Gasteiger partial charge is 0.463 e. The Bertz CT molecular complexity index is 1050. The molecule has 34 heavy (non-hydrogen) atoms. The van der Waals surface area contributed by atoms with Crippen molar-refractivity contribution in [2.75, 3.05) is 31.0 Å². The van der Waals surface area contributed by atoms with Crippen LogP contribution in [-0.4, -0.2) is 43.2 Å². The third-order valence-corrected chi connectivity index (χ3v) is 4.39. The van der Waals surface area contributed by atoms with Crippen LogP contribution >= 0.6 is 12.2 Å². The number of halogens is 3. The summed E-state index contributed by atoms with van der Waals surface area (Å²) in [5, 5.41) is 7.48. The van der Waals surface area contributed by atoms with Crippen molar-refractivity contribution in [3.63, 3.8) is 0 Å². The molecule has 0 heterocycles. The number of nitrogens with one attached hydrogen (secondary N) is 3. The molecule has 0 aromatic heterocycles. The molecular formula is C22H22F3N3O5S. The van der Waals surface area contributed by atoms with E-state index in [4.69, 9.17) is 21.7 Å². The van der Waals surface area contributed by atoms with Gasteiger partial charge in [-0.05, 0) is 48.6 Å². The van der Waals surface area contributed by atoms with Gasteiger partial charge in [0.25, 0.3) is 5.91 Å². The Morgan fingerprint density at radius 1 is 0.941 bits per heavy atom. The average Bonchev–Trinajstić information content (AvgIpc) is 2.77. The smallest absolute Gasteiger partial charge is 0.416 e. The number of alkyl halides is 3. The summed E-state index contributed by atoms with van der Waals surface area (Å²) in [4.78, 5) is 35.9. The minimum Gasteiger partial charge on any atom is -0.463 e. The molecule has 0 atom stereocenters. The lowest BCUT2D eigenvalue weighted by Crippen LogP contribution is -2.34. The van der Waals surface area contributed by atoms with E-state index in [1.54, 1.807) is 6.07 Å². The number of ether oxygens (including phenoxy) is 2. The molecule has 12 heteroatoms. The maximum absolute atomic E-state index is 12.9. The van der Waals surface area contributed by atoms with Crippen molar-refractivity contribution in [1.29, 1.82) is 0 Å². The molecule has 0 fully saturated rings. The standard InChI is InChI=1S/C22H22F3N3O5S/c1-32-10-11-33-19(30)9-8-18(29)28-21(34)27-16-6-2-4-14(12-16)20(31)26-17-7-3-5-15(13-17)22(23,24)25/h2-7,12-13H,8-11H2,1H3,(H,26,31)(H2,27,28,29,34). The molecule has 0 aliphatic carbocycles. The number of rotatable bonds is 9. The van der Waals surface area contributed by atoms with Gasteiger partial charge in [0.1, 0.15) is 6.61 Å². The van der Waals surface area contributed by atoms with E-state index >= 15 is 0 Å². The van der Waals surface area contributed by atoms with Crippen LogP contribution in [0.2, 0.25) is 0 Å². The van der Waals surface area contributed by atoms with Crippen molar-refractivity contribution >= 4 is 46.5 Å². The Morgan fingerprint density at radius 3 is 2.29 bits per heavy atom. The van der Waals surface area contributed by atoms with E-state index in [2.05, 4.69) is 16.0 Å². The Balaban J connectivity index is 1.89. The van der Waals surface area contributed by atoms with Crippen molar-refractivity contribution in [3.8, 4) is 0 Å². The summed E-state index contributed by atoms with van der Waals surface area (Å²) in [5.74, 6) is -1.70. The van der Waals surface area contributed by atoms with Crippen LogP contribution in [0, 0.1) is 0 Å². The van der Waals surface area contributed by atoms with Gasteiger partial charge in [0.15, 0.2) is 5.11 Å². The fraction of sp³-hybridized carbons (Fsp3) is 0.273. The highest BCUT2D eigenvalue weighted by atomic mass is 32.1. The van der Waals surface area contributed by atoms with Gasteiger partial charge in [0.05, 0.1) is 18.6 Å². The van der Waals surface area contributed by atoms with Crippen molar-refractivity contribution in [3.05, 3.63) is 59.7 Å². The van der Waals surface area contributed by atoms with Crippen LogP contribution in [0.3, 0.4) is 0 Å². The first-order chi connectivity index (χ1) is 16.1. The third-order valence-electron chi connectivity index (χ3n) is 4.19. The molecule has 2 aromatic carbocycles. The third kappa shape index (κ3) is 9.16. The minimum absolute atomic E-state index is 0.0123. The lowest BCUT2D eigenvalue weighted by Gasteiger charge is -2.12. The average molecular weight is 497 g/mol. The van der Waals surface area contributed by atoms with Gasteiger partial charge >= 0.3 is 12.1 Å². The molecule has 0 unspecified atom stereocenters. The zero-order valence-corrected chi connectivity index (χ0v) is 18.8. The molecule has 182 valence electrons. The van der Waals surface area contributed by atoms with Crippen molar-refractivity contribution in [1.82, 2.24) is 5.32 Å². The molecule has 0 saturated heterocycles. The van der Waals surface area contributed by atoms with E-state index in [-0.39, 0.29) is 42.4 Å². The summed E-state index contributed by atoms with van der Waals surface area (Å²) in [6.45, 7) is 0.345. The van der Waals surface area contributed by atoms with Crippen LogP contribution in [0.25, 0.3) is 0 Å². The van der Waals surface area contributed by atoms with Crippen LogP contribution in [0.15, 0.2) is 48.5 Å². The van der Waals surface area contributed by atoms with Crippen molar-refractivity contribution in [2.24, 2.45) is 0 Å². The molecule has 3 N–H and O–H groups in total. The number of hydrogen-bond donors (Lipinski definition) is 3. The zero-order valence-electron chi connectivity index (χ0n) is 18.0. The van der Waals surface area contributed by atoms with E-state index in [1.807, 2.05) is 0 Å². The topological polar surface area (TPSA) is 106 Å². The van der Waals surface area contributed by atoms with E-state index in [9.17, 15) is 27.6 Å². The molecule has 0 radical (unpaired) electrons. The Hall–Kier alpha value is -3.51. The molecule has 2 amide bonds. The molecular weight excluding hydrogens is 475 g/mol. The van der Waals surface area contributed by atoms with E-state index < -0.39 is 29.5 Å². The van der Waals surface area contributed by atoms with Crippen LogP contribution in [-0.2, 0) is 25.2 Å². The van der Waals surface area contributed by atoms with Gasteiger partial charge in [0.2, 0.25) is 5.91 Å². The Labute approximate surface area is 198 Å². The number of anilines is 2. The Kier molecular flexibility index (Phi) is 9.95. The summed E-state index contributed by atoms with van der Waals surface area (Å²) in [5.41, 5.74) is -0.386. The lowest BCUT2D eigenvalue weighted by atomic mass is 10.1. The number of methoxy groups -OCH3 is 1. The van der Waals surface area contributed by atoms with Crippen LogP contribution in [0.5, 0.6) is 0 Å². The van der Waals surface area contributed by atoms with Gasteiger partial charge < -0.3 is 25.4 Å². The van der Waals surface area contributed by atoms with Gasteiger partial charge in [-0.1, -0.05) is 12.1 Å². The summed E-state index contributed by atoms with van der Waals surface area (Å²) in [7, 11) is 1.47. The Morgan fingerprint density at radius 2 is 1.62 bits per heavy atom. The maximum atomic E-state index is 12.9. The van der Waals surface area contributed by atoms with Gasteiger partial charge in [0, 0.05) is 30.5 Å². The highest BCUT2D eigenvalue weighted by molar-refractivity contribution is 7.80. The predicted octanol–water partition coefficient (Wildman–Crippen LogP) is 3.74. The second-order valence-electron chi connectivity index (χ2n) is 6.83. The van der Waals surface area contributed by atoms with E-state index in [1.165, 1.54) is 37.4 Å². The molecule has 2 rings (SSSR count). The maximum Gasteiger partial charge on any atom is 0.416 e. The van der Waals surface area contributed by atoms with E-state index in [0.29, 0.717) is 5.69 Å². The quantitative estimate of drug-likeness (QED) is 0.275. The summed E-state index contributed by atoms with van der Waals surface area (Å²) >= 11 is 5.06. The van der Waals surface area contributed by atoms with Crippen LogP contribution in [0.1, 0.15) is 28.8 Å². The normalized spacial score (nSPS) is 10.8. The number of carbonyl (C=O) groups is 3. The SMILES string of the molecule is COCCOC(=O)CCC(=O)NC(=S)Nc1cccc(C(=O)Nc2cccc(C(F)(F)F)c2)c1. The molecule has 0 bridgehead atoms. The van der Waals surface area contributed by atoms with Crippen molar-refractivity contribution in [2.45, 2.75) is 19.0 Å². The monoisotopic (exact) mass is 497 g/mol. The summed E-state index contributed by atoms with van der Waals surface area (Å²) in [6.07, 6.45) is -4.81. The molecule has 8 nitrogen and oxygen atoms in total. The molecule has 2 aromatic rings. The lowest BCUT2D eigenvalue weighted by molar-refractivity contribution is -0.146. The van der Waals surface area contributed by atoms with Gasteiger partial charge in [-0.15, -0.1) is 0 Å². The minimum atomic E-state index is -4.53. The van der Waals surface area contributed by atoms with Gasteiger partial charge in [-0.25, -0.2) is 0 Å². The molecule has 0 saturated carbocycles. The van der Waals surface area contributed by atoms with Crippen molar-refractivity contribution < 1.29 is 37.0 Å². The number of thiocarbonyl (C=S) groups is 1. The summed E-state index contributed by atoms with van der Waals surface area (Å²) < 4.78 is 48.2. The number of hydrogen-bond acceptors (Lipinski definition) is 6. The second kappa shape index (κ2) is 12.7. The first kappa shape index (κ1) is 26.7. The first-order valence-corrected chi connectivity index (χ1v) is 10.3. The fourth-order valence-electron chi connectivity index (χ4n) is 2.59. The van der Waals surface area contributed by atoms with Crippen LogP contribution < -0.4 is 16.0 Å². The summed E-state index contributed by atoms with van der Waals surface area (Å²) in [6, 6.07) is 10.2. The molecule has 0 aliphatic heterocycles. The van der Waals surface area contributed by atoms with Gasteiger partial charge in [-0.2, -0.15) is 13.2 Å². The number of carbonyl (C=O) groups excluding carboxylic acids is 3. The fourth-order valence-corrected chi connectivity index (χ4v) is 2.82. The highest BCUT2D eigenvalue weighted by Gasteiger charge is 2.30. The molecule has 0 aliphatic rings.